The van der Waals surface area contributed by atoms with E-state index in [1.54, 1.807) is 7.11 Å². The van der Waals surface area contributed by atoms with Gasteiger partial charge in [0.1, 0.15) is 5.75 Å². The molecule has 1 aliphatic heterocycles. The first-order valence-electron chi connectivity index (χ1n) is 48.6. The molecule has 0 atom stereocenters. The minimum atomic E-state index is -0.0808. The van der Waals surface area contributed by atoms with Crippen LogP contribution in [0.5, 0.6) is 5.75 Å². The second-order valence-electron chi connectivity index (χ2n) is 36.3. The van der Waals surface area contributed by atoms with Crippen LogP contribution < -0.4 is 19.9 Å². The number of hydrogen-bond donors (Lipinski definition) is 2. The fourth-order valence-electron chi connectivity index (χ4n) is 19.7. The summed E-state index contributed by atoms with van der Waals surface area (Å²) >= 11 is 0. The van der Waals surface area contributed by atoms with Gasteiger partial charge in [0, 0.05) is 54.1 Å². The summed E-state index contributed by atoms with van der Waals surface area (Å²) in [6.45, 7) is 19.4. The van der Waals surface area contributed by atoms with Gasteiger partial charge in [0.15, 0.2) is 0 Å². The van der Waals surface area contributed by atoms with Crippen LogP contribution >= 0.6 is 0 Å². The van der Waals surface area contributed by atoms with Crippen LogP contribution in [0.1, 0.15) is 101 Å². The van der Waals surface area contributed by atoms with Gasteiger partial charge in [-0.2, -0.15) is 0 Å². The number of aliphatic hydroxyl groups is 1. The van der Waals surface area contributed by atoms with Crippen molar-refractivity contribution in [3.8, 4) is 150 Å². The number of nitrogens with one attached hydrogen (secondary N) is 1. The Kier molecular flexibility index (Phi) is 28.1. The van der Waals surface area contributed by atoms with Crippen LogP contribution in [-0.4, -0.2) is 50.6 Å². The molecular formula is C131H116N4O3. The lowest BCUT2D eigenvalue weighted by atomic mass is 9.70. The monoisotopic (exact) mass is 1790 g/mol. The number of allylic oxidation sites excluding steroid dienone is 1. The van der Waals surface area contributed by atoms with Crippen molar-refractivity contribution in [3.05, 3.63) is 468 Å². The van der Waals surface area contributed by atoms with Gasteiger partial charge in [-0.3, -0.25) is 4.98 Å². The van der Waals surface area contributed by atoms with Crippen molar-refractivity contribution >= 4 is 46.6 Å². The maximum Gasteiger partial charge on any atom is 0.126 e. The Bertz CT molecular complexity index is 7380. The van der Waals surface area contributed by atoms with E-state index >= 15 is 0 Å². The average Bonchev–Trinajstić information content (AvgIpc) is 0.698. The largest absolute Gasteiger partial charge is 0.496 e. The first kappa shape index (κ1) is 91.4. The van der Waals surface area contributed by atoms with Crippen molar-refractivity contribution in [1.82, 2.24) is 4.98 Å². The predicted molar refractivity (Wildman–Crippen MR) is 585 cm³/mol. The molecule has 7 heteroatoms. The van der Waals surface area contributed by atoms with E-state index in [0.717, 1.165) is 262 Å². The number of aromatic nitrogens is 1. The summed E-state index contributed by atoms with van der Waals surface area (Å²) in [4.78, 5) is 9.83. The Labute approximate surface area is 814 Å². The molecule has 0 radical (unpaired) electrons. The molecule has 2 heterocycles. The molecule has 678 valence electrons. The lowest BCUT2D eigenvalue weighted by molar-refractivity contribution is 0.122. The number of aryl methyl sites for hydroxylation is 3. The molecule has 0 spiro atoms. The molecule has 1 saturated heterocycles. The normalized spacial score (nSPS) is 12.1. The van der Waals surface area contributed by atoms with E-state index in [1.807, 2.05) is 24.3 Å². The van der Waals surface area contributed by atoms with Crippen molar-refractivity contribution in [3.63, 3.8) is 0 Å². The summed E-state index contributed by atoms with van der Waals surface area (Å²) in [7, 11) is 3.94. The molecule has 2 N–H and O–H groups in total. The summed E-state index contributed by atoms with van der Waals surface area (Å²) in [5, 5.41) is 14.8. The summed E-state index contributed by atoms with van der Waals surface area (Å²) < 4.78 is 12.2. The van der Waals surface area contributed by atoms with Gasteiger partial charge in [-0.1, -0.05) is 379 Å². The number of nitrogens with zero attached hydrogens (tertiary/aromatic N) is 3. The van der Waals surface area contributed by atoms with E-state index in [9.17, 15) is 5.11 Å². The van der Waals surface area contributed by atoms with E-state index in [0.29, 0.717) is 19.8 Å². The first-order chi connectivity index (χ1) is 67.8. The van der Waals surface area contributed by atoms with Crippen molar-refractivity contribution in [2.45, 2.75) is 79.9 Å². The third kappa shape index (κ3) is 20.3. The minimum Gasteiger partial charge on any atom is -0.496 e. The zero-order chi connectivity index (χ0) is 94.4. The molecule has 0 unspecified atom stereocenters. The van der Waals surface area contributed by atoms with Crippen LogP contribution in [0.25, 0.3) is 168 Å². The van der Waals surface area contributed by atoms with Crippen molar-refractivity contribution in [1.29, 1.82) is 0 Å². The number of ether oxygens (including phenoxy) is 2. The van der Waals surface area contributed by atoms with Crippen LogP contribution in [0.2, 0.25) is 0 Å². The molecule has 0 saturated carbocycles. The van der Waals surface area contributed by atoms with Crippen LogP contribution in [-0.2, 0) is 24.3 Å². The average molecular weight is 1790 g/mol. The van der Waals surface area contributed by atoms with E-state index in [2.05, 4.69) is 451 Å². The Hall–Kier alpha value is -15.8. The Morgan fingerprint density at radius 2 is 0.884 bits per heavy atom. The number of hydrogen-bond acceptors (Lipinski definition) is 7. The second kappa shape index (κ2) is 42.4. The topological polar surface area (TPSA) is 70.1 Å². The molecule has 7 nitrogen and oxygen atoms in total. The zero-order valence-electron chi connectivity index (χ0n) is 79.9. The van der Waals surface area contributed by atoms with Crippen LogP contribution in [0.4, 0.5) is 22.7 Å². The first-order valence-corrected chi connectivity index (χ1v) is 48.6. The van der Waals surface area contributed by atoms with Gasteiger partial charge in [0.25, 0.3) is 0 Å². The molecule has 0 amide bonds. The zero-order valence-corrected chi connectivity index (χ0v) is 79.9. The van der Waals surface area contributed by atoms with Gasteiger partial charge in [-0.25, -0.2) is 0 Å². The Balaban J connectivity index is 1.03. The van der Waals surface area contributed by atoms with Crippen molar-refractivity contribution < 1.29 is 14.6 Å². The molecule has 138 heavy (non-hydrogen) atoms. The Morgan fingerprint density at radius 3 is 1.49 bits per heavy atom. The number of benzene rings is 17. The summed E-state index contributed by atoms with van der Waals surface area (Å²) in [6, 6.07) is 146. The highest BCUT2D eigenvalue weighted by atomic mass is 16.5. The number of pyridine rings is 1. The predicted octanol–water partition coefficient (Wildman–Crippen LogP) is 33.8. The molecule has 17 aromatic carbocycles. The maximum atomic E-state index is 10.8. The van der Waals surface area contributed by atoms with E-state index < -0.39 is 0 Å². The number of morpholine rings is 1. The molecule has 1 fully saturated rings. The highest BCUT2D eigenvalue weighted by Crippen LogP contribution is 2.61. The SMILES string of the molecule is C=C(c1ccccc1)c1ccc(-c2c(-c3ccc(-c4cccc(CC)c4)cc3)c(C)c(-c3ccc(N(C)Cc4cccc(C)n4)cc3)c(-c3c(-c4ccc(/C=C/CCCCC)cc4)c(-c4ccc(-c5ccccc5OC)cc4)cc(-c4ccc(/C=C/c5ccc(C)cc5)cc4)c3-c3ccc(-c4cccc(CO)c4)cc3)c2-c2ccc(Nc3ccccc3)cc2-c2ccc(N3CCOCC3)cc2)cc1. The van der Waals surface area contributed by atoms with E-state index in [4.69, 9.17) is 21.0 Å². The van der Waals surface area contributed by atoms with Gasteiger partial charge < -0.3 is 29.7 Å². The van der Waals surface area contributed by atoms with E-state index in [1.165, 1.54) is 23.1 Å². The second-order valence-corrected chi connectivity index (χ2v) is 36.3. The Morgan fingerprint density at radius 1 is 0.399 bits per heavy atom. The van der Waals surface area contributed by atoms with Crippen LogP contribution in [0.15, 0.2) is 407 Å². The van der Waals surface area contributed by atoms with Crippen molar-refractivity contribution in [2.24, 2.45) is 0 Å². The number of para-hydroxylation sites is 2. The smallest absolute Gasteiger partial charge is 0.126 e. The van der Waals surface area contributed by atoms with Gasteiger partial charge in [0.2, 0.25) is 0 Å². The summed E-state index contributed by atoms with van der Waals surface area (Å²) in [6.07, 6.45) is 14.5. The standard InChI is InChI=1S/C131H116N4O3/c1-9-11-12-13-16-27-94-47-51-108(52-48-94)126-122(105-61-59-102(60-62-105)118-37-21-22-38-123(118)137-8)86-121(104-49-45-96(46-50-104)44-43-95-41-39-89(3)40-42-95)127(109-67-57-101(58-68-109)112-33-25-29-97(84-112)88-136)131(126)130-125(107-71-74-116(75-72-107)134(7)87-115-36-23-26-90(4)132-115)92(6)124(106-65-55-100(56-66-106)111-32-24-28-93(10-2)83-111)128(110-63-53-99(54-64-110)91(5)98-30-17-14-18-31-98)129(130)119-78-73-114(133-113-34-19-15-20-35-113)85-120(119)103-69-76-117(77-70-103)135-79-81-138-82-80-135/h14-78,83-86,133,136H,5,9-13,79-82,87-88H2,1-4,6-8H3/b27-16+,44-43+. The van der Waals surface area contributed by atoms with Gasteiger partial charge in [0.05, 0.1) is 39.2 Å². The molecule has 1 aliphatic rings. The number of aliphatic hydroxyl groups excluding tert-OH is 1. The molecule has 1 aromatic heterocycles. The van der Waals surface area contributed by atoms with Gasteiger partial charge in [-0.05, 0) is 308 Å². The van der Waals surface area contributed by atoms with E-state index in [-0.39, 0.29) is 6.61 Å². The number of unbranched alkanes of at least 4 members (excludes halogenated alkanes) is 3. The van der Waals surface area contributed by atoms with Crippen LogP contribution in [0.3, 0.4) is 0 Å². The molecular weight excluding hydrogens is 1680 g/mol. The van der Waals surface area contributed by atoms with Crippen molar-refractivity contribution in [2.75, 3.05) is 55.6 Å². The lowest BCUT2D eigenvalue weighted by Gasteiger charge is -2.32. The maximum absolute atomic E-state index is 10.8. The third-order valence-electron chi connectivity index (χ3n) is 27.1. The molecule has 0 bridgehead atoms. The molecule has 19 rings (SSSR count). The lowest BCUT2D eigenvalue weighted by Crippen LogP contribution is -2.36. The highest BCUT2D eigenvalue weighted by Gasteiger charge is 2.35. The molecule has 18 aromatic rings. The highest BCUT2D eigenvalue weighted by molar-refractivity contribution is 6.19. The van der Waals surface area contributed by atoms with Gasteiger partial charge >= 0.3 is 0 Å². The molecule has 0 aliphatic carbocycles. The minimum absolute atomic E-state index is 0.0808. The van der Waals surface area contributed by atoms with Gasteiger partial charge in [-0.15, -0.1) is 0 Å². The van der Waals surface area contributed by atoms with Crippen LogP contribution in [0, 0.1) is 20.8 Å². The summed E-state index contributed by atoms with van der Waals surface area (Å²) in [5.41, 5.74) is 43.9. The number of anilines is 4. The number of methoxy groups -OCH3 is 1. The summed E-state index contributed by atoms with van der Waals surface area (Å²) in [5.74, 6) is 0.797. The third-order valence-corrected chi connectivity index (χ3v) is 27.1. The quantitative estimate of drug-likeness (QED) is 0.0331. The fraction of sp³-hybridized carbons (Fsp3) is 0.137. The fourth-order valence-corrected chi connectivity index (χ4v) is 19.7. The number of rotatable bonds is 31.